The zero-order chi connectivity index (χ0) is 16.2. The van der Waals surface area contributed by atoms with Crippen LogP contribution < -0.4 is 0 Å². The maximum Gasteiger partial charge on any atom is 0.200 e. The normalized spacial score (nSPS) is 10.9. The van der Waals surface area contributed by atoms with Crippen LogP contribution in [-0.4, -0.2) is 14.8 Å². The Labute approximate surface area is 151 Å². The van der Waals surface area contributed by atoms with Gasteiger partial charge >= 0.3 is 0 Å². The Balaban J connectivity index is 1.84. The van der Waals surface area contributed by atoms with Gasteiger partial charge in [0.2, 0.25) is 5.82 Å². The largest absolute Gasteiger partial charge is 0.446 e. The van der Waals surface area contributed by atoms with Gasteiger partial charge in [0, 0.05) is 17.3 Å². The van der Waals surface area contributed by atoms with Crippen molar-refractivity contribution < 1.29 is 4.42 Å². The topological polar surface area (TPSA) is 43.9 Å². The van der Waals surface area contributed by atoms with Crippen LogP contribution in [0.1, 0.15) is 5.56 Å². The van der Waals surface area contributed by atoms with Crippen LogP contribution in [-0.2, 0) is 12.3 Å². The second kappa shape index (κ2) is 7.38. The number of aromatic nitrogens is 3. The van der Waals surface area contributed by atoms with Gasteiger partial charge in [-0.3, -0.25) is 4.57 Å². The van der Waals surface area contributed by atoms with E-state index in [0.29, 0.717) is 22.8 Å². The highest BCUT2D eigenvalue weighted by Crippen LogP contribution is 2.29. The van der Waals surface area contributed by atoms with Gasteiger partial charge in [0.15, 0.2) is 15.6 Å². The molecule has 23 heavy (non-hydrogen) atoms. The summed E-state index contributed by atoms with van der Waals surface area (Å²) in [6.45, 7) is 4.41. The molecule has 0 unspecified atom stereocenters. The molecule has 0 aliphatic rings. The van der Waals surface area contributed by atoms with Crippen molar-refractivity contribution in [1.29, 1.82) is 0 Å². The van der Waals surface area contributed by atoms with Crippen molar-refractivity contribution in [3.05, 3.63) is 64.3 Å². The summed E-state index contributed by atoms with van der Waals surface area (Å²) in [5.74, 6) is 2.11. The van der Waals surface area contributed by atoms with Gasteiger partial charge in [-0.25, -0.2) is 0 Å². The van der Waals surface area contributed by atoms with Gasteiger partial charge in [0.05, 0.1) is 0 Å². The first-order valence-corrected chi connectivity index (χ1v) is 9.00. The van der Waals surface area contributed by atoms with Crippen molar-refractivity contribution >= 4 is 39.3 Å². The van der Waals surface area contributed by atoms with Gasteiger partial charge in [0.1, 0.15) is 0 Å². The molecule has 0 aliphatic heterocycles. The fraction of sp³-hybridized carbons (Fsp3) is 0.125. The van der Waals surface area contributed by atoms with Crippen LogP contribution in [0.2, 0.25) is 5.02 Å². The summed E-state index contributed by atoms with van der Waals surface area (Å²) in [6.07, 6.45) is 1.81. The summed E-state index contributed by atoms with van der Waals surface area (Å²) < 4.78 is 8.22. The predicted octanol–water partition coefficient (Wildman–Crippen LogP) is 5.43. The minimum atomic E-state index is 0.610. The number of furan rings is 1. The molecule has 0 fully saturated rings. The number of hydrogen-bond acceptors (Lipinski definition) is 4. The second-order valence-corrected chi connectivity index (χ2v) is 6.89. The van der Waals surface area contributed by atoms with Crippen LogP contribution in [0.25, 0.3) is 11.6 Å². The van der Waals surface area contributed by atoms with Crippen molar-refractivity contribution in [3.63, 3.8) is 0 Å². The third-order valence-corrected chi connectivity index (χ3v) is 4.78. The minimum Gasteiger partial charge on any atom is -0.446 e. The highest BCUT2D eigenvalue weighted by Gasteiger charge is 2.16. The Hall–Kier alpha value is -1.50. The molecule has 0 saturated carbocycles. The van der Waals surface area contributed by atoms with E-state index in [0.717, 1.165) is 21.5 Å². The Morgan fingerprint density at radius 1 is 1.30 bits per heavy atom. The average molecular weight is 411 g/mol. The summed E-state index contributed by atoms with van der Waals surface area (Å²) in [7, 11) is 0. The summed E-state index contributed by atoms with van der Waals surface area (Å²) in [5.41, 5.74) is 1.14. The quantitative estimate of drug-likeness (QED) is 0.401. The van der Waals surface area contributed by atoms with E-state index < -0.39 is 0 Å². The number of halogens is 2. The third-order valence-electron chi connectivity index (χ3n) is 3.08. The van der Waals surface area contributed by atoms with E-state index in [2.05, 4.69) is 32.7 Å². The van der Waals surface area contributed by atoms with Crippen LogP contribution >= 0.6 is 39.3 Å². The van der Waals surface area contributed by atoms with Crippen LogP contribution in [0.15, 0.2) is 63.3 Å². The molecule has 0 radical (unpaired) electrons. The zero-order valence-electron chi connectivity index (χ0n) is 12.1. The van der Waals surface area contributed by atoms with Gasteiger partial charge in [-0.15, -0.1) is 16.8 Å². The highest BCUT2D eigenvalue weighted by molar-refractivity contribution is 9.10. The first-order valence-electron chi connectivity index (χ1n) is 6.84. The molecule has 118 valence electrons. The number of allylic oxidation sites excluding steroid dienone is 1. The monoisotopic (exact) mass is 409 g/mol. The van der Waals surface area contributed by atoms with E-state index in [4.69, 9.17) is 16.0 Å². The summed E-state index contributed by atoms with van der Waals surface area (Å²) in [4.78, 5) is 0. The van der Waals surface area contributed by atoms with Gasteiger partial charge in [0.25, 0.3) is 0 Å². The van der Waals surface area contributed by atoms with E-state index in [9.17, 15) is 0 Å². The lowest BCUT2D eigenvalue weighted by molar-refractivity contribution is 0.545. The first-order chi connectivity index (χ1) is 11.2. The lowest BCUT2D eigenvalue weighted by Crippen LogP contribution is -2.00. The maximum atomic E-state index is 6.02. The smallest absolute Gasteiger partial charge is 0.200 e. The van der Waals surface area contributed by atoms with Crippen molar-refractivity contribution in [1.82, 2.24) is 14.8 Å². The zero-order valence-corrected chi connectivity index (χ0v) is 15.2. The molecule has 0 saturated heterocycles. The Morgan fingerprint density at radius 2 is 2.17 bits per heavy atom. The van der Waals surface area contributed by atoms with E-state index >= 15 is 0 Å². The van der Waals surface area contributed by atoms with Crippen molar-refractivity contribution in [2.24, 2.45) is 0 Å². The molecular formula is C16H13BrClN3OS. The van der Waals surface area contributed by atoms with Gasteiger partial charge < -0.3 is 4.42 Å². The number of benzene rings is 1. The standard InChI is InChI=1S/C16H13BrClN3OS/c1-2-8-21-15(13-6-7-14(17)22-13)19-20-16(21)23-10-11-4-3-5-12(18)9-11/h2-7,9H,1,8,10H2. The van der Waals surface area contributed by atoms with Gasteiger partial charge in [-0.05, 0) is 45.8 Å². The van der Waals surface area contributed by atoms with Crippen LogP contribution in [0.4, 0.5) is 0 Å². The molecule has 4 nitrogen and oxygen atoms in total. The molecule has 3 aromatic rings. The third kappa shape index (κ3) is 3.88. The number of thioether (sulfide) groups is 1. The van der Waals surface area contributed by atoms with Crippen molar-refractivity contribution in [2.75, 3.05) is 0 Å². The molecule has 0 aliphatic carbocycles. The van der Waals surface area contributed by atoms with E-state index in [1.165, 1.54) is 0 Å². The molecule has 0 spiro atoms. The van der Waals surface area contributed by atoms with Crippen LogP contribution in [0.3, 0.4) is 0 Å². The Bertz CT molecular complexity index is 830. The van der Waals surface area contributed by atoms with Crippen LogP contribution in [0.5, 0.6) is 0 Å². The summed E-state index contributed by atoms with van der Waals surface area (Å²) in [5, 5.41) is 10.1. The second-order valence-electron chi connectivity index (χ2n) is 4.73. The number of rotatable bonds is 6. The maximum absolute atomic E-state index is 6.02. The van der Waals surface area contributed by atoms with E-state index in [1.54, 1.807) is 11.8 Å². The summed E-state index contributed by atoms with van der Waals surface area (Å²) >= 11 is 10.9. The molecule has 0 N–H and O–H groups in total. The Morgan fingerprint density at radius 3 is 2.87 bits per heavy atom. The predicted molar refractivity (Wildman–Crippen MR) is 96.6 cm³/mol. The van der Waals surface area contributed by atoms with Gasteiger partial charge in [-0.2, -0.15) is 0 Å². The highest BCUT2D eigenvalue weighted by atomic mass is 79.9. The van der Waals surface area contributed by atoms with E-state index in [1.807, 2.05) is 47.0 Å². The van der Waals surface area contributed by atoms with Crippen molar-refractivity contribution in [3.8, 4) is 11.6 Å². The molecule has 0 bridgehead atoms. The first kappa shape index (κ1) is 16.4. The molecule has 2 heterocycles. The number of nitrogens with zero attached hydrogens (tertiary/aromatic N) is 3. The number of hydrogen-bond donors (Lipinski definition) is 0. The molecular weight excluding hydrogens is 398 g/mol. The van der Waals surface area contributed by atoms with Crippen LogP contribution in [0, 0.1) is 0 Å². The van der Waals surface area contributed by atoms with Crippen molar-refractivity contribution in [2.45, 2.75) is 17.5 Å². The summed E-state index contributed by atoms with van der Waals surface area (Å²) in [6, 6.07) is 11.5. The average Bonchev–Trinajstić information content (AvgIpc) is 3.12. The molecule has 0 atom stereocenters. The molecule has 1 aromatic carbocycles. The Kier molecular flexibility index (Phi) is 5.25. The minimum absolute atomic E-state index is 0.610. The lowest BCUT2D eigenvalue weighted by Gasteiger charge is -2.06. The fourth-order valence-electron chi connectivity index (χ4n) is 2.08. The van der Waals surface area contributed by atoms with Gasteiger partial charge in [-0.1, -0.05) is 41.6 Å². The fourth-order valence-corrected chi connectivity index (χ4v) is 3.49. The lowest BCUT2D eigenvalue weighted by atomic mass is 10.2. The van der Waals surface area contributed by atoms with E-state index in [-0.39, 0.29) is 0 Å². The molecule has 3 rings (SSSR count). The molecule has 0 amide bonds. The SMILES string of the molecule is C=CCn1c(SCc2cccc(Cl)c2)nnc1-c1ccc(Br)o1. The molecule has 7 heteroatoms. The molecule has 2 aromatic heterocycles.